The Morgan fingerprint density at radius 3 is 2.48 bits per heavy atom. The lowest BCUT2D eigenvalue weighted by Gasteiger charge is -2.32. The molecule has 1 aromatic rings. The van der Waals surface area contributed by atoms with Crippen molar-refractivity contribution < 1.29 is 9.18 Å². The quantitative estimate of drug-likeness (QED) is 0.832. The standard InChI is InChI=1S/C21H29FN2O/c22-20-6-1-3-17(11-20)13-23-9-7-16(8-10-23)12-21(25)24-14-18-4-2-5-19(18)15-24/h1,3,6,11,16,18-19H,2,4-5,7-10,12-15H2. The summed E-state index contributed by atoms with van der Waals surface area (Å²) in [6, 6.07) is 6.89. The Balaban J connectivity index is 1.22. The van der Waals surface area contributed by atoms with Crippen LogP contribution >= 0.6 is 0 Å². The third-order valence-electron chi connectivity index (χ3n) is 6.54. The van der Waals surface area contributed by atoms with Gasteiger partial charge in [-0.2, -0.15) is 0 Å². The number of rotatable bonds is 4. The van der Waals surface area contributed by atoms with Crippen LogP contribution in [-0.2, 0) is 11.3 Å². The minimum atomic E-state index is -0.159. The summed E-state index contributed by atoms with van der Waals surface area (Å²) < 4.78 is 13.3. The van der Waals surface area contributed by atoms with E-state index in [4.69, 9.17) is 0 Å². The summed E-state index contributed by atoms with van der Waals surface area (Å²) in [4.78, 5) is 17.2. The van der Waals surface area contributed by atoms with Crippen LogP contribution < -0.4 is 0 Å². The van der Waals surface area contributed by atoms with E-state index < -0.39 is 0 Å². The molecule has 0 radical (unpaired) electrons. The molecule has 25 heavy (non-hydrogen) atoms. The van der Waals surface area contributed by atoms with Crippen LogP contribution in [0.15, 0.2) is 24.3 Å². The van der Waals surface area contributed by atoms with Gasteiger partial charge < -0.3 is 4.90 Å². The van der Waals surface area contributed by atoms with E-state index in [2.05, 4.69) is 9.80 Å². The van der Waals surface area contributed by atoms with Crippen molar-refractivity contribution in [1.29, 1.82) is 0 Å². The zero-order valence-electron chi connectivity index (χ0n) is 15.0. The maximum atomic E-state index is 13.3. The second kappa shape index (κ2) is 7.45. The molecular weight excluding hydrogens is 315 g/mol. The molecule has 3 nitrogen and oxygen atoms in total. The third kappa shape index (κ3) is 4.05. The van der Waals surface area contributed by atoms with Gasteiger partial charge in [0.05, 0.1) is 0 Å². The molecule has 2 aliphatic heterocycles. The summed E-state index contributed by atoms with van der Waals surface area (Å²) in [5.41, 5.74) is 1.04. The molecule has 2 heterocycles. The molecule has 4 rings (SSSR count). The van der Waals surface area contributed by atoms with Gasteiger partial charge in [-0.1, -0.05) is 18.6 Å². The van der Waals surface area contributed by atoms with Crippen molar-refractivity contribution in [3.63, 3.8) is 0 Å². The Kier molecular flexibility index (Phi) is 5.07. The normalized spacial score (nSPS) is 27.6. The summed E-state index contributed by atoms with van der Waals surface area (Å²) in [5, 5.41) is 0. The highest BCUT2D eigenvalue weighted by atomic mass is 19.1. The maximum Gasteiger partial charge on any atom is 0.222 e. The van der Waals surface area contributed by atoms with Gasteiger partial charge in [0.1, 0.15) is 5.82 Å². The van der Waals surface area contributed by atoms with Crippen LogP contribution in [0, 0.1) is 23.6 Å². The summed E-state index contributed by atoms with van der Waals surface area (Å²) in [6.07, 6.45) is 6.91. The van der Waals surface area contributed by atoms with Crippen molar-refractivity contribution in [2.75, 3.05) is 26.2 Å². The Bertz CT molecular complexity index is 600. The van der Waals surface area contributed by atoms with Crippen LogP contribution in [0.5, 0.6) is 0 Å². The Morgan fingerprint density at radius 1 is 1.08 bits per heavy atom. The van der Waals surface area contributed by atoms with Crippen molar-refractivity contribution in [1.82, 2.24) is 9.80 Å². The van der Waals surface area contributed by atoms with Gasteiger partial charge >= 0.3 is 0 Å². The van der Waals surface area contributed by atoms with Crippen molar-refractivity contribution >= 4 is 5.91 Å². The van der Waals surface area contributed by atoms with E-state index in [1.165, 1.54) is 25.3 Å². The molecule has 1 aliphatic carbocycles. The first-order valence-electron chi connectivity index (χ1n) is 9.92. The number of benzene rings is 1. The predicted octanol–water partition coefficient (Wildman–Crippen LogP) is 3.69. The van der Waals surface area contributed by atoms with Gasteiger partial charge in [-0.3, -0.25) is 9.69 Å². The average molecular weight is 344 g/mol. The number of piperidine rings is 1. The van der Waals surface area contributed by atoms with Gasteiger partial charge in [0, 0.05) is 26.1 Å². The largest absolute Gasteiger partial charge is 0.342 e. The van der Waals surface area contributed by atoms with Crippen LogP contribution in [0.4, 0.5) is 4.39 Å². The average Bonchev–Trinajstić information content (AvgIpc) is 3.18. The molecule has 136 valence electrons. The molecule has 3 aliphatic rings. The lowest BCUT2D eigenvalue weighted by molar-refractivity contribution is -0.131. The zero-order chi connectivity index (χ0) is 17.2. The lowest BCUT2D eigenvalue weighted by Crippen LogP contribution is -2.36. The highest BCUT2D eigenvalue weighted by Gasteiger charge is 2.38. The lowest BCUT2D eigenvalue weighted by atomic mass is 9.92. The number of halogens is 1. The molecular formula is C21H29FN2O. The Hall–Kier alpha value is -1.42. The molecule has 1 saturated carbocycles. The van der Waals surface area contributed by atoms with Gasteiger partial charge in [0.25, 0.3) is 0 Å². The van der Waals surface area contributed by atoms with E-state index in [9.17, 15) is 9.18 Å². The summed E-state index contributed by atoms with van der Waals surface area (Å²) in [5.74, 6) is 2.33. The molecule has 3 fully saturated rings. The number of likely N-dealkylation sites (tertiary alicyclic amines) is 2. The second-order valence-corrected chi connectivity index (χ2v) is 8.30. The van der Waals surface area contributed by atoms with Crippen molar-refractivity contribution in [2.24, 2.45) is 17.8 Å². The molecule has 1 aromatic carbocycles. The molecule has 0 bridgehead atoms. The van der Waals surface area contributed by atoms with E-state index in [-0.39, 0.29) is 5.82 Å². The van der Waals surface area contributed by atoms with E-state index in [1.807, 2.05) is 6.07 Å². The molecule has 0 N–H and O–H groups in total. The number of nitrogens with zero attached hydrogens (tertiary/aromatic N) is 2. The fourth-order valence-corrected chi connectivity index (χ4v) is 5.06. The third-order valence-corrected chi connectivity index (χ3v) is 6.54. The maximum absolute atomic E-state index is 13.3. The fourth-order valence-electron chi connectivity index (χ4n) is 5.06. The van der Waals surface area contributed by atoms with Crippen LogP contribution in [-0.4, -0.2) is 41.9 Å². The van der Waals surface area contributed by atoms with Crippen LogP contribution in [0.3, 0.4) is 0 Å². The zero-order valence-corrected chi connectivity index (χ0v) is 15.0. The van der Waals surface area contributed by atoms with Gasteiger partial charge in [0.15, 0.2) is 0 Å². The SMILES string of the molecule is O=C(CC1CCN(Cc2cccc(F)c2)CC1)N1CC2CCCC2C1. The van der Waals surface area contributed by atoms with Crippen LogP contribution in [0.25, 0.3) is 0 Å². The first-order valence-corrected chi connectivity index (χ1v) is 9.92. The minimum absolute atomic E-state index is 0.159. The number of fused-ring (bicyclic) bond motifs is 1. The highest BCUT2D eigenvalue weighted by molar-refractivity contribution is 5.76. The van der Waals surface area contributed by atoms with E-state index in [1.54, 1.807) is 12.1 Å². The molecule has 0 spiro atoms. The Labute approximate surface area is 150 Å². The summed E-state index contributed by atoms with van der Waals surface area (Å²) in [7, 11) is 0. The number of carbonyl (C=O) groups excluding carboxylic acids is 1. The monoisotopic (exact) mass is 344 g/mol. The van der Waals surface area contributed by atoms with E-state index in [0.29, 0.717) is 11.8 Å². The number of hydrogen-bond donors (Lipinski definition) is 0. The van der Waals surface area contributed by atoms with Gasteiger partial charge in [0.2, 0.25) is 5.91 Å². The van der Waals surface area contributed by atoms with Crippen LogP contribution in [0.1, 0.15) is 44.1 Å². The molecule has 0 aromatic heterocycles. The minimum Gasteiger partial charge on any atom is -0.342 e. The molecule has 2 atom stereocenters. The second-order valence-electron chi connectivity index (χ2n) is 8.30. The van der Waals surface area contributed by atoms with Crippen LogP contribution in [0.2, 0.25) is 0 Å². The van der Waals surface area contributed by atoms with Crippen molar-refractivity contribution in [3.05, 3.63) is 35.6 Å². The Morgan fingerprint density at radius 2 is 1.80 bits per heavy atom. The number of amides is 1. The summed E-state index contributed by atoms with van der Waals surface area (Å²) in [6.45, 7) is 4.87. The van der Waals surface area contributed by atoms with Gasteiger partial charge in [-0.15, -0.1) is 0 Å². The van der Waals surface area contributed by atoms with Gasteiger partial charge in [-0.25, -0.2) is 4.39 Å². The molecule has 2 saturated heterocycles. The first-order chi connectivity index (χ1) is 12.2. The van der Waals surface area contributed by atoms with Gasteiger partial charge in [-0.05, 0) is 74.2 Å². The molecule has 4 heteroatoms. The fraction of sp³-hybridized carbons (Fsp3) is 0.667. The highest BCUT2D eigenvalue weighted by Crippen LogP contribution is 2.38. The van der Waals surface area contributed by atoms with E-state index >= 15 is 0 Å². The number of carbonyl (C=O) groups is 1. The first kappa shape index (κ1) is 17.0. The molecule has 1 amide bonds. The number of hydrogen-bond acceptors (Lipinski definition) is 2. The predicted molar refractivity (Wildman–Crippen MR) is 96.4 cm³/mol. The van der Waals surface area contributed by atoms with E-state index in [0.717, 1.165) is 69.4 Å². The van der Waals surface area contributed by atoms with Crippen molar-refractivity contribution in [2.45, 2.75) is 45.1 Å². The summed E-state index contributed by atoms with van der Waals surface area (Å²) >= 11 is 0. The molecule has 2 unspecified atom stereocenters. The topological polar surface area (TPSA) is 23.6 Å². The van der Waals surface area contributed by atoms with Crippen molar-refractivity contribution in [3.8, 4) is 0 Å². The smallest absolute Gasteiger partial charge is 0.222 e.